The number of carbonyl (C=O) groups is 1. The number of rotatable bonds is 7. The van der Waals surface area contributed by atoms with Gasteiger partial charge >= 0.3 is 0 Å². The summed E-state index contributed by atoms with van der Waals surface area (Å²) >= 11 is 0. The first-order chi connectivity index (χ1) is 9.02. The van der Waals surface area contributed by atoms with Gasteiger partial charge in [-0.15, -0.1) is 0 Å². The van der Waals surface area contributed by atoms with Crippen molar-refractivity contribution in [2.75, 3.05) is 23.9 Å². The smallest absolute Gasteiger partial charge is 0.270 e. The summed E-state index contributed by atoms with van der Waals surface area (Å²) in [5, 5.41) is 6.00. The van der Waals surface area contributed by atoms with Crippen molar-refractivity contribution in [3.05, 3.63) is 24.0 Å². The van der Waals surface area contributed by atoms with Gasteiger partial charge in [-0.2, -0.15) is 0 Å². The second-order valence-corrected chi connectivity index (χ2v) is 5.95. The summed E-state index contributed by atoms with van der Waals surface area (Å²) in [5.74, 6) is 0.206. The van der Waals surface area contributed by atoms with E-state index in [4.69, 9.17) is 0 Å². The average molecular weight is 283 g/mol. The predicted octanol–water partition coefficient (Wildman–Crippen LogP) is 1.40. The number of nitrogens with one attached hydrogen (secondary N) is 2. The summed E-state index contributed by atoms with van der Waals surface area (Å²) in [6, 6.07) is 3.42. The fourth-order valence-corrected chi connectivity index (χ4v) is 2.41. The van der Waals surface area contributed by atoms with Crippen LogP contribution in [-0.4, -0.2) is 39.7 Å². The number of pyridine rings is 1. The SMILES string of the molecule is CCCNc1ccnc(C(=O)NC(C)CS(C)=O)c1. The highest BCUT2D eigenvalue weighted by molar-refractivity contribution is 7.84. The third-order valence-corrected chi connectivity index (χ3v) is 3.40. The lowest BCUT2D eigenvalue weighted by molar-refractivity contribution is 0.0938. The number of hydrogen-bond acceptors (Lipinski definition) is 4. The lowest BCUT2D eigenvalue weighted by Gasteiger charge is -2.12. The molecule has 106 valence electrons. The van der Waals surface area contributed by atoms with Gasteiger partial charge in [0.15, 0.2) is 0 Å². The molecule has 0 saturated carbocycles. The van der Waals surface area contributed by atoms with E-state index in [9.17, 15) is 9.00 Å². The average Bonchev–Trinajstić information content (AvgIpc) is 2.35. The molecule has 2 atom stereocenters. The summed E-state index contributed by atoms with van der Waals surface area (Å²) in [6.07, 6.45) is 4.24. The minimum absolute atomic E-state index is 0.132. The molecule has 0 radical (unpaired) electrons. The number of nitrogens with zero attached hydrogens (tertiary/aromatic N) is 1. The van der Waals surface area contributed by atoms with Crippen LogP contribution in [0.2, 0.25) is 0 Å². The van der Waals surface area contributed by atoms with Crippen molar-refractivity contribution < 1.29 is 9.00 Å². The van der Waals surface area contributed by atoms with E-state index in [1.807, 2.05) is 13.0 Å². The number of hydrogen-bond donors (Lipinski definition) is 2. The van der Waals surface area contributed by atoms with E-state index in [0.29, 0.717) is 11.4 Å². The van der Waals surface area contributed by atoms with Crippen LogP contribution < -0.4 is 10.6 Å². The van der Waals surface area contributed by atoms with E-state index < -0.39 is 10.8 Å². The van der Waals surface area contributed by atoms with Gasteiger partial charge in [0.05, 0.1) is 0 Å². The number of carbonyl (C=O) groups excluding carboxylic acids is 1. The van der Waals surface area contributed by atoms with Gasteiger partial charge in [0.1, 0.15) is 5.69 Å². The molecule has 1 amide bonds. The van der Waals surface area contributed by atoms with Crippen LogP contribution in [-0.2, 0) is 10.8 Å². The topological polar surface area (TPSA) is 71.1 Å². The molecule has 6 heteroatoms. The van der Waals surface area contributed by atoms with Gasteiger partial charge in [0.25, 0.3) is 5.91 Å². The van der Waals surface area contributed by atoms with Gasteiger partial charge in [0, 0.05) is 47.3 Å². The highest BCUT2D eigenvalue weighted by atomic mass is 32.2. The van der Waals surface area contributed by atoms with Gasteiger partial charge < -0.3 is 10.6 Å². The Labute approximate surface area is 116 Å². The molecule has 0 aromatic carbocycles. The van der Waals surface area contributed by atoms with E-state index >= 15 is 0 Å². The molecule has 1 heterocycles. The Morgan fingerprint density at radius 2 is 2.26 bits per heavy atom. The molecule has 0 spiro atoms. The van der Waals surface area contributed by atoms with Crippen molar-refractivity contribution >= 4 is 22.4 Å². The van der Waals surface area contributed by atoms with Crippen LogP contribution in [0.25, 0.3) is 0 Å². The van der Waals surface area contributed by atoms with Crippen LogP contribution in [0.5, 0.6) is 0 Å². The summed E-state index contributed by atoms with van der Waals surface area (Å²) in [5.41, 5.74) is 1.25. The lowest BCUT2D eigenvalue weighted by Crippen LogP contribution is -2.36. The zero-order valence-corrected chi connectivity index (χ0v) is 12.4. The molecule has 1 aromatic heterocycles. The highest BCUT2D eigenvalue weighted by Gasteiger charge is 2.12. The lowest BCUT2D eigenvalue weighted by atomic mass is 10.2. The molecule has 0 aliphatic carbocycles. The van der Waals surface area contributed by atoms with Gasteiger partial charge in [-0.05, 0) is 25.5 Å². The van der Waals surface area contributed by atoms with Crippen LogP contribution in [0.15, 0.2) is 18.3 Å². The maximum Gasteiger partial charge on any atom is 0.270 e. The molecular weight excluding hydrogens is 262 g/mol. The van der Waals surface area contributed by atoms with E-state index in [0.717, 1.165) is 18.7 Å². The Morgan fingerprint density at radius 1 is 1.53 bits per heavy atom. The van der Waals surface area contributed by atoms with Gasteiger partial charge in [-0.3, -0.25) is 14.0 Å². The van der Waals surface area contributed by atoms with Crippen molar-refractivity contribution in [3.8, 4) is 0 Å². The first-order valence-corrected chi connectivity index (χ1v) is 8.06. The maximum absolute atomic E-state index is 12.0. The Morgan fingerprint density at radius 3 is 2.89 bits per heavy atom. The molecule has 2 N–H and O–H groups in total. The standard InChI is InChI=1S/C13H21N3O2S/c1-4-6-14-11-5-7-15-12(8-11)13(17)16-10(2)9-19(3)18/h5,7-8,10H,4,6,9H2,1-3H3,(H,14,15)(H,16,17). The second-order valence-electron chi connectivity index (χ2n) is 4.47. The number of amides is 1. The van der Waals surface area contributed by atoms with Crippen LogP contribution in [0, 0.1) is 0 Å². The zero-order valence-electron chi connectivity index (χ0n) is 11.6. The molecule has 0 saturated heterocycles. The Balaban J connectivity index is 2.63. The van der Waals surface area contributed by atoms with E-state index in [1.54, 1.807) is 18.5 Å². The second kappa shape index (κ2) is 7.89. The molecule has 5 nitrogen and oxygen atoms in total. The summed E-state index contributed by atoms with van der Waals surface area (Å²) < 4.78 is 11.1. The first kappa shape index (κ1) is 15.6. The minimum Gasteiger partial charge on any atom is -0.385 e. The molecule has 1 aromatic rings. The minimum atomic E-state index is -0.925. The Bertz CT molecular complexity index is 451. The highest BCUT2D eigenvalue weighted by Crippen LogP contribution is 2.08. The Kier molecular flexibility index (Phi) is 6.49. The van der Waals surface area contributed by atoms with Crippen LogP contribution in [0.3, 0.4) is 0 Å². The zero-order chi connectivity index (χ0) is 14.3. The quantitative estimate of drug-likeness (QED) is 0.793. The molecule has 1 rings (SSSR count). The monoisotopic (exact) mass is 283 g/mol. The van der Waals surface area contributed by atoms with Gasteiger partial charge in [-0.1, -0.05) is 6.92 Å². The molecule has 2 unspecified atom stereocenters. The van der Waals surface area contributed by atoms with Crippen molar-refractivity contribution in [2.45, 2.75) is 26.3 Å². The van der Waals surface area contributed by atoms with Crippen LogP contribution >= 0.6 is 0 Å². The van der Waals surface area contributed by atoms with Crippen molar-refractivity contribution in [2.24, 2.45) is 0 Å². The van der Waals surface area contributed by atoms with Crippen molar-refractivity contribution in [1.82, 2.24) is 10.3 Å². The van der Waals surface area contributed by atoms with Crippen molar-refractivity contribution in [3.63, 3.8) is 0 Å². The number of aromatic nitrogens is 1. The van der Waals surface area contributed by atoms with E-state index in [-0.39, 0.29) is 11.9 Å². The summed E-state index contributed by atoms with van der Waals surface area (Å²) in [6.45, 7) is 4.77. The van der Waals surface area contributed by atoms with Crippen LogP contribution in [0.4, 0.5) is 5.69 Å². The van der Waals surface area contributed by atoms with Crippen LogP contribution in [0.1, 0.15) is 30.8 Å². The molecule has 0 bridgehead atoms. The fourth-order valence-electron chi connectivity index (χ4n) is 1.63. The van der Waals surface area contributed by atoms with Gasteiger partial charge in [0.2, 0.25) is 0 Å². The normalized spacial score (nSPS) is 13.6. The van der Waals surface area contributed by atoms with Crippen molar-refractivity contribution in [1.29, 1.82) is 0 Å². The maximum atomic E-state index is 12.0. The molecule has 0 fully saturated rings. The first-order valence-electron chi connectivity index (χ1n) is 6.33. The molecule has 0 aliphatic rings. The van der Waals surface area contributed by atoms with E-state index in [1.165, 1.54) is 0 Å². The summed E-state index contributed by atoms with van der Waals surface area (Å²) in [7, 11) is -0.925. The van der Waals surface area contributed by atoms with E-state index in [2.05, 4.69) is 22.5 Å². The third kappa shape index (κ3) is 5.83. The molecular formula is C13H21N3O2S. The number of anilines is 1. The third-order valence-electron chi connectivity index (χ3n) is 2.43. The fraction of sp³-hybridized carbons (Fsp3) is 0.538. The summed E-state index contributed by atoms with van der Waals surface area (Å²) in [4.78, 5) is 16.0. The largest absolute Gasteiger partial charge is 0.385 e. The van der Waals surface area contributed by atoms with Gasteiger partial charge in [-0.25, -0.2) is 0 Å². The Hall–Kier alpha value is -1.43. The predicted molar refractivity (Wildman–Crippen MR) is 78.9 cm³/mol. The molecule has 19 heavy (non-hydrogen) atoms. The molecule has 0 aliphatic heterocycles.